The molecule has 3 aromatic carbocycles. The fraction of sp³-hybridized carbons (Fsp3) is 0.367. The first-order valence-electron chi connectivity index (χ1n) is 13.3. The number of anilines is 2. The smallest absolute Gasteiger partial charge is 0.410 e. The van der Waals surface area contributed by atoms with Crippen molar-refractivity contribution in [1.29, 1.82) is 5.26 Å². The fourth-order valence-electron chi connectivity index (χ4n) is 4.73. The molecule has 1 aliphatic heterocycles. The van der Waals surface area contributed by atoms with E-state index in [1.807, 2.05) is 39.0 Å². The largest absolute Gasteiger partial charge is 0.480 e. The maximum atomic E-state index is 13.2. The number of sulfonamides is 1. The van der Waals surface area contributed by atoms with Crippen LogP contribution in [0.1, 0.15) is 38.3 Å². The molecule has 10 nitrogen and oxygen atoms in total. The van der Waals surface area contributed by atoms with Crippen molar-refractivity contribution in [1.82, 2.24) is 4.90 Å². The van der Waals surface area contributed by atoms with E-state index in [4.69, 9.17) is 4.74 Å². The number of carboxylic acids is 1. The lowest BCUT2D eigenvalue weighted by Gasteiger charge is -2.27. The van der Waals surface area contributed by atoms with E-state index in [2.05, 4.69) is 11.0 Å². The normalized spacial score (nSPS) is 14.3. The zero-order valence-electron chi connectivity index (χ0n) is 23.4. The van der Waals surface area contributed by atoms with Crippen molar-refractivity contribution in [3.63, 3.8) is 0 Å². The molecule has 3 aromatic rings. The molecule has 1 heterocycles. The van der Waals surface area contributed by atoms with E-state index in [9.17, 15) is 28.4 Å². The molecule has 0 aromatic heterocycles. The van der Waals surface area contributed by atoms with E-state index in [1.165, 1.54) is 0 Å². The van der Waals surface area contributed by atoms with Gasteiger partial charge < -0.3 is 19.6 Å². The van der Waals surface area contributed by atoms with Gasteiger partial charge in [-0.25, -0.2) is 13.2 Å². The highest BCUT2D eigenvalue weighted by Crippen LogP contribution is 2.27. The van der Waals surface area contributed by atoms with E-state index in [1.54, 1.807) is 47.4 Å². The van der Waals surface area contributed by atoms with Crippen molar-refractivity contribution < 1.29 is 27.9 Å². The molecular weight excluding hydrogens is 544 g/mol. The predicted octanol–water partition coefficient (Wildman–Crippen LogP) is 4.58. The molecule has 11 heteroatoms. The number of aliphatic carboxylic acids is 1. The Hall–Kier alpha value is -4.30. The maximum Gasteiger partial charge on any atom is 0.410 e. The first-order valence-corrected chi connectivity index (χ1v) is 14.9. The van der Waals surface area contributed by atoms with Crippen LogP contribution in [0.2, 0.25) is 0 Å². The Morgan fingerprint density at radius 2 is 1.68 bits per heavy atom. The van der Waals surface area contributed by atoms with E-state index in [0.29, 0.717) is 43.0 Å². The summed E-state index contributed by atoms with van der Waals surface area (Å²) in [4.78, 5) is 27.8. The van der Waals surface area contributed by atoms with Gasteiger partial charge in [-0.15, -0.1) is 0 Å². The van der Waals surface area contributed by atoms with Gasteiger partial charge in [0.2, 0.25) is 10.0 Å². The van der Waals surface area contributed by atoms with Crippen LogP contribution in [-0.2, 0) is 26.1 Å². The minimum absolute atomic E-state index is 0.0732. The molecule has 216 valence electrons. The Labute approximate surface area is 240 Å². The maximum absolute atomic E-state index is 13.2. The first kappa shape index (κ1) is 29.7. The molecule has 0 radical (unpaired) electrons. The summed E-state index contributed by atoms with van der Waals surface area (Å²) >= 11 is 0. The lowest BCUT2D eigenvalue weighted by molar-refractivity contribution is -0.134. The summed E-state index contributed by atoms with van der Waals surface area (Å²) in [7, 11) is -4.20. The number of fused-ring (bicyclic) bond motifs is 1. The second kappa shape index (κ2) is 12.1. The molecule has 1 aliphatic rings. The summed E-state index contributed by atoms with van der Waals surface area (Å²) in [6.07, 6.45) is 0.404. The Balaban J connectivity index is 1.56. The van der Waals surface area contributed by atoms with Gasteiger partial charge in [0, 0.05) is 31.9 Å². The van der Waals surface area contributed by atoms with Crippen LogP contribution in [0.5, 0.6) is 0 Å². The van der Waals surface area contributed by atoms with Gasteiger partial charge in [0.25, 0.3) is 0 Å². The number of ether oxygens (including phenoxy) is 1. The predicted molar refractivity (Wildman–Crippen MR) is 157 cm³/mol. The number of nitriles is 1. The van der Waals surface area contributed by atoms with Crippen molar-refractivity contribution in [2.75, 3.05) is 41.1 Å². The van der Waals surface area contributed by atoms with E-state index >= 15 is 0 Å². The number of carboxylic acid groups (broad SMARTS) is 1. The zero-order chi connectivity index (χ0) is 29.8. The van der Waals surface area contributed by atoms with Crippen LogP contribution in [0, 0.1) is 11.3 Å². The Kier molecular flexibility index (Phi) is 8.73. The Morgan fingerprint density at radius 3 is 2.34 bits per heavy atom. The summed E-state index contributed by atoms with van der Waals surface area (Å²) in [5.74, 6) is -2.49. The Bertz CT molecular complexity index is 1580. The van der Waals surface area contributed by atoms with Gasteiger partial charge >= 0.3 is 12.1 Å². The van der Waals surface area contributed by atoms with Gasteiger partial charge in [-0.1, -0.05) is 18.2 Å². The average Bonchev–Trinajstić information content (AvgIpc) is 3.16. The van der Waals surface area contributed by atoms with Crippen LogP contribution < -0.4 is 9.21 Å². The number of carbonyl (C=O) groups is 2. The van der Waals surface area contributed by atoms with Gasteiger partial charge in [-0.3, -0.25) is 9.10 Å². The summed E-state index contributed by atoms with van der Waals surface area (Å²) in [6, 6.07) is 19.8. The van der Waals surface area contributed by atoms with Crippen LogP contribution in [0.4, 0.5) is 16.2 Å². The molecule has 0 saturated carbocycles. The van der Waals surface area contributed by atoms with Crippen LogP contribution in [0.3, 0.4) is 0 Å². The summed E-state index contributed by atoms with van der Waals surface area (Å²) < 4.78 is 33.0. The van der Waals surface area contributed by atoms with Crippen molar-refractivity contribution in [3.05, 3.63) is 71.8 Å². The minimum atomic E-state index is -4.20. The summed E-state index contributed by atoms with van der Waals surface area (Å²) in [5.41, 5.74) is 1.78. The molecule has 4 rings (SSSR count). The Morgan fingerprint density at radius 1 is 0.976 bits per heavy atom. The number of nitrogens with zero attached hydrogens (tertiary/aromatic N) is 4. The van der Waals surface area contributed by atoms with Crippen LogP contribution in [-0.4, -0.2) is 68.0 Å². The highest BCUT2D eigenvalue weighted by molar-refractivity contribution is 7.93. The molecule has 0 atom stereocenters. The van der Waals surface area contributed by atoms with Crippen molar-refractivity contribution in [3.8, 4) is 6.07 Å². The molecule has 0 spiro atoms. The highest BCUT2D eigenvalue weighted by atomic mass is 32.2. The zero-order valence-corrected chi connectivity index (χ0v) is 24.2. The van der Waals surface area contributed by atoms with Gasteiger partial charge in [0.05, 0.1) is 23.9 Å². The number of benzene rings is 3. The van der Waals surface area contributed by atoms with Crippen LogP contribution in [0.25, 0.3) is 10.8 Å². The molecule has 0 unspecified atom stereocenters. The monoisotopic (exact) mass is 578 g/mol. The van der Waals surface area contributed by atoms with Crippen molar-refractivity contribution in [2.45, 2.75) is 39.3 Å². The highest BCUT2D eigenvalue weighted by Gasteiger charge is 2.27. The quantitative estimate of drug-likeness (QED) is 0.431. The summed E-state index contributed by atoms with van der Waals surface area (Å²) in [5, 5.41) is 20.2. The third-order valence-electron chi connectivity index (χ3n) is 6.65. The first-order chi connectivity index (χ1) is 19.3. The van der Waals surface area contributed by atoms with Gasteiger partial charge in [-0.05, 0) is 86.0 Å². The van der Waals surface area contributed by atoms with E-state index in [-0.39, 0.29) is 12.6 Å². The molecule has 1 saturated heterocycles. The molecule has 1 amide bonds. The van der Waals surface area contributed by atoms with Gasteiger partial charge in [0.15, 0.2) is 5.75 Å². The molecule has 41 heavy (non-hydrogen) atoms. The number of carbonyl (C=O) groups excluding carboxylic acids is 1. The molecule has 1 N–H and O–H groups in total. The molecule has 0 aliphatic carbocycles. The molecule has 0 bridgehead atoms. The minimum Gasteiger partial charge on any atom is -0.480 e. The SMILES string of the molecule is CC(C)(C)OC(=O)N1CCCN(c2ccc(N(Cc3ccc4ccc(C#N)cc4c3)S(=O)(=O)CC(=O)O)cc2)CC1. The van der Waals surface area contributed by atoms with Gasteiger partial charge in [0.1, 0.15) is 5.60 Å². The van der Waals surface area contributed by atoms with E-state index in [0.717, 1.165) is 27.2 Å². The fourth-order valence-corrected chi connectivity index (χ4v) is 5.99. The van der Waals surface area contributed by atoms with Gasteiger partial charge in [-0.2, -0.15) is 5.26 Å². The topological polar surface area (TPSA) is 131 Å². The summed E-state index contributed by atoms with van der Waals surface area (Å²) in [6.45, 7) is 7.79. The number of rotatable bonds is 7. The van der Waals surface area contributed by atoms with Crippen molar-refractivity contribution >= 4 is 44.2 Å². The second-order valence-electron chi connectivity index (χ2n) is 11.0. The number of hydrogen-bond acceptors (Lipinski definition) is 7. The molecule has 1 fully saturated rings. The lowest BCUT2D eigenvalue weighted by Crippen LogP contribution is -2.39. The third-order valence-corrected chi connectivity index (χ3v) is 8.28. The average molecular weight is 579 g/mol. The van der Waals surface area contributed by atoms with Crippen LogP contribution >= 0.6 is 0 Å². The number of amides is 1. The second-order valence-corrected chi connectivity index (χ2v) is 12.9. The number of hydrogen-bond donors (Lipinski definition) is 1. The third kappa shape index (κ3) is 7.67. The van der Waals surface area contributed by atoms with Crippen molar-refractivity contribution in [2.24, 2.45) is 0 Å². The molecular formula is C30H34N4O6S. The van der Waals surface area contributed by atoms with Crippen LogP contribution in [0.15, 0.2) is 60.7 Å². The standard InChI is InChI=1S/C30H34N4O6S/c1-30(2,3)40-29(37)33-14-4-13-32(15-16-33)26-9-11-27(12-10-26)34(41(38,39)21-28(35)36)20-23-6-8-24-7-5-22(19-31)17-25(24)18-23/h5-12,17-18H,4,13-16,20-21H2,1-3H3,(H,35,36). The van der Waals surface area contributed by atoms with E-state index < -0.39 is 27.3 Å². The lowest BCUT2D eigenvalue weighted by atomic mass is 10.0.